The Morgan fingerprint density at radius 3 is 2.65 bits per heavy atom. The number of ether oxygens (including phenoxy) is 1. The van der Waals surface area contributed by atoms with Gasteiger partial charge in [0, 0.05) is 11.2 Å². The van der Waals surface area contributed by atoms with Gasteiger partial charge in [0.2, 0.25) is 0 Å². The molecule has 3 N–H and O–H groups in total. The molecule has 0 aliphatic rings. The van der Waals surface area contributed by atoms with Crippen LogP contribution >= 0.6 is 0 Å². The van der Waals surface area contributed by atoms with Crippen LogP contribution in [0.25, 0.3) is 0 Å². The van der Waals surface area contributed by atoms with Gasteiger partial charge in [0.25, 0.3) is 5.91 Å². The summed E-state index contributed by atoms with van der Waals surface area (Å²) in [6, 6.07) is 7.02. The lowest BCUT2D eigenvalue weighted by molar-refractivity contribution is -0.148. The number of hydrogen-bond acceptors (Lipinski definition) is 4. The maximum Gasteiger partial charge on any atom is 0.310 e. The summed E-state index contributed by atoms with van der Waals surface area (Å²) in [4.78, 5) is 23.2. The van der Waals surface area contributed by atoms with Crippen LogP contribution in [0.1, 0.15) is 32.8 Å². The van der Waals surface area contributed by atoms with E-state index in [0.29, 0.717) is 5.69 Å². The van der Waals surface area contributed by atoms with Crippen molar-refractivity contribution in [2.45, 2.75) is 39.2 Å². The van der Waals surface area contributed by atoms with Gasteiger partial charge >= 0.3 is 5.97 Å². The van der Waals surface area contributed by atoms with E-state index in [9.17, 15) is 9.59 Å². The normalized spacial score (nSPS) is 10.9. The van der Waals surface area contributed by atoms with Gasteiger partial charge < -0.3 is 15.8 Å². The molecule has 0 aromatic heterocycles. The molecule has 0 unspecified atom stereocenters. The minimum Gasteiger partial charge on any atom is -0.455 e. The zero-order valence-electron chi connectivity index (χ0n) is 12.2. The van der Waals surface area contributed by atoms with Crippen LogP contribution in [-0.2, 0) is 20.7 Å². The topological polar surface area (TPSA) is 81.4 Å². The molecule has 0 fully saturated rings. The van der Waals surface area contributed by atoms with E-state index in [0.717, 1.165) is 12.0 Å². The first-order valence-electron chi connectivity index (χ1n) is 6.63. The molecular weight excluding hydrogens is 256 g/mol. The van der Waals surface area contributed by atoms with Gasteiger partial charge in [-0.05, 0) is 38.0 Å². The Morgan fingerprint density at radius 2 is 2.05 bits per heavy atom. The zero-order chi connectivity index (χ0) is 15.2. The smallest absolute Gasteiger partial charge is 0.310 e. The van der Waals surface area contributed by atoms with Crippen LogP contribution in [0.2, 0.25) is 0 Å². The van der Waals surface area contributed by atoms with Crippen molar-refractivity contribution in [3.63, 3.8) is 0 Å². The molecule has 0 bridgehead atoms. The number of rotatable bonds is 6. The van der Waals surface area contributed by atoms with Crippen LogP contribution in [0.15, 0.2) is 24.3 Å². The van der Waals surface area contributed by atoms with Crippen LogP contribution in [0, 0.1) is 0 Å². The number of carbonyl (C=O) groups is 2. The third kappa shape index (κ3) is 5.73. The molecule has 1 rings (SSSR count). The van der Waals surface area contributed by atoms with Crippen molar-refractivity contribution in [2.75, 3.05) is 12.3 Å². The Morgan fingerprint density at radius 1 is 1.35 bits per heavy atom. The summed E-state index contributed by atoms with van der Waals surface area (Å²) in [7, 11) is 0. The molecule has 0 radical (unpaired) electrons. The molecule has 0 saturated carbocycles. The van der Waals surface area contributed by atoms with Gasteiger partial charge in [-0.25, -0.2) is 0 Å². The average molecular weight is 278 g/mol. The van der Waals surface area contributed by atoms with E-state index in [2.05, 4.69) is 5.32 Å². The first kappa shape index (κ1) is 16.0. The highest BCUT2D eigenvalue weighted by Crippen LogP contribution is 2.08. The van der Waals surface area contributed by atoms with Crippen molar-refractivity contribution in [3.8, 4) is 0 Å². The highest BCUT2D eigenvalue weighted by Gasteiger charge is 2.18. The highest BCUT2D eigenvalue weighted by atomic mass is 16.5. The van der Waals surface area contributed by atoms with E-state index in [1.54, 1.807) is 24.3 Å². The molecule has 0 aliphatic carbocycles. The summed E-state index contributed by atoms with van der Waals surface area (Å²) in [6.45, 7) is 5.55. The lowest BCUT2D eigenvalue weighted by atomic mass is 10.0. The van der Waals surface area contributed by atoms with Gasteiger partial charge in [-0.3, -0.25) is 9.59 Å². The minimum absolute atomic E-state index is 0.107. The van der Waals surface area contributed by atoms with E-state index in [1.807, 2.05) is 20.8 Å². The fraction of sp³-hybridized carbons (Fsp3) is 0.467. The molecule has 20 heavy (non-hydrogen) atoms. The molecule has 0 saturated heterocycles. The average Bonchev–Trinajstić information content (AvgIpc) is 2.36. The van der Waals surface area contributed by atoms with Crippen molar-refractivity contribution >= 4 is 17.6 Å². The molecule has 0 atom stereocenters. The molecule has 5 nitrogen and oxygen atoms in total. The predicted octanol–water partition coefficient (Wildman–Crippen LogP) is 1.66. The third-order valence-corrected chi connectivity index (χ3v) is 3.03. The second-order valence-electron chi connectivity index (χ2n) is 5.37. The lowest BCUT2D eigenvalue weighted by Crippen LogP contribution is -2.44. The summed E-state index contributed by atoms with van der Waals surface area (Å²) in [5.74, 6) is -0.738. The monoisotopic (exact) mass is 278 g/mol. The number of nitrogens with one attached hydrogen (secondary N) is 1. The Kier molecular flexibility index (Phi) is 5.55. The number of amides is 1. The molecule has 1 aromatic carbocycles. The van der Waals surface area contributed by atoms with Gasteiger partial charge in [0.05, 0.1) is 6.42 Å². The van der Waals surface area contributed by atoms with Crippen LogP contribution in [0.4, 0.5) is 5.69 Å². The first-order chi connectivity index (χ1) is 9.32. The van der Waals surface area contributed by atoms with Crippen molar-refractivity contribution in [1.82, 2.24) is 5.32 Å². The number of hydrogen-bond donors (Lipinski definition) is 2. The number of carbonyl (C=O) groups excluding carboxylic acids is 2. The van der Waals surface area contributed by atoms with Crippen molar-refractivity contribution < 1.29 is 14.3 Å². The quantitative estimate of drug-likeness (QED) is 0.612. The fourth-order valence-electron chi connectivity index (χ4n) is 1.57. The first-order valence-corrected chi connectivity index (χ1v) is 6.63. The molecule has 0 spiro atoms. The highest BCUT2D eigenvalue weighted by molar-refractivity contribution is 5.81. The predicted molar refractivity (Wildman–Crippen MR) is 78.0 cm³/mol. The Labute approximate surface area is 119 Å². The molecular formula is C15H22N2O3. The Hall–Kier alpha value is -2.04. The second-order valence-corrected chi connectivity index (χ2v) is 5.37. The fourth-order valence-corrected chi connectivity index (χ4v) is 1.57. The number of benzene rings is 1. The van der Waals surface area contributed by atoms with E-state index >= 15 is 0 Å². The van der Waals surface area contributed by atoms with E-state index in [-0.39, 0.29) is 24.5 Å². The van der Waals surface area contributed by atoms with Crippen LogP contribution in [-0.4, -0.2) is 24.0 Å². The largest absolute Gasteiger partial charge is 0.455 e. The molecule has 5 heteroatoms. The van der Waals surface area contributed by atoms with Gasteiger partial charge in [-0.1, -0.05) is 19.1 Å². The van der Waals surface area contributed by atoms with E-state index < -0.39 is 5.97 Å². The molecule has 0 heterocycles. The number of nitrogen functional groups attached to an aromatic ring is 1. The third-order valence-electron chi connectivity index (χ3n) is 3.03. The number of nitrogens with two attached hydrogens (primary N) is 1. The summed E-state index contributed by atoms with van der Waals surface area (Å²) in [5.41, 5.74) is 6.69. The Balaban J connectivity index is 2.38. The number of anilines is 1. The van der Waals surface area contributed by atoms with Gasteiger partial charge in [0.15, 0.2) is 6.61 Å². The second kappa shape index (κ2) is 6.93. The standard InChI is InChI=1S/C15H22N2O3/c1-4-15(2,3)17-13(18)10-20-14(19)9-11-6-5-7-12(16)8-11/h5-8H,4,9-10,16H2,1-3H3,(H,17,18). The van der Waals surface area contributed by atoms with Crippen molar-refractivity contribution in [1.29, 1.82) is 0 Å². The summed E-state index contributed by atoms with van der Waals surface area (Å²) in [6.07, 6.45) is 0.908. The maximum absolute atomic E-state index is 11.6. The van der Waals surface area contributed by atoms with Crippen LogP contribution in [0.3, 0.4) is 0 Å². The van der Waals surface area contributed by atoms with Crippen molar-refractivity contribution in [2.24, 2.45) is 0 Å². The van der Waals surface area contributed by atoms with E-state index in [1.165, 1.54) is 0 Å². The Bertz CT molecular complexity index is 484. The lowest BCUT2D eigenvalue weighted by Gasteiger charge is -2.24. The van der Waals surface area contributed by atoms with Crippen LogP contribution in [0.5, 0.6) is 0 Å². The summed E-state index contributed by atoms with van der Waals surface area (Å²) < 4.78 is 4.95. The van der Waals surface area contributed by atoms with Crippen molar-refractivity contribution in [3.05, 3.63) is 29.8 Å². The number of esters is 1. The molecule has 1 aromatic rings. The molecule has 1 amide bonds. The SMILES string of the molecule is CCC(C)(C)NC(=O)COC(=O)Cc1cccc(N)c1. The van der Waals surface area contributed by atoms with Crippen LogP contribution < -0.4 is 11.1 Å². The van der Waals surface area contributed by atoms with Gasteiger partial charge in [-0.15, -0.1) is 0 Å². The zero-order valence-corrected chi connectivity index (χ0v) is 12.2. The maximum atomic E-state index is 11.6. The minimum atomic E-state index is -0.444. The van der Waals surface area contributed by atoms with Gasteiger partial charge in [0.1, 0.15) is 0 Å². The summed E-state index contributed by atoms with van der Waals surface area (Å²) >= 11 is 0. The molecule has 0 aliphatic heterocycles. The molecule has 110 valence electrons. The summed E-state index contributed by atoms with van der Waals surface area (Å²) in [5, 5.41) is 2.80. The van der Waals surface area contributed by atoms with E-state index in [4.69, 9.17) is 10.5 Å². The van der Waals surface area contributed by atoms with Gasteiger partial charge in [-0.2, -0.15) is 0 Å².